The van der Waals surface area contributed by atoms with Crippen molar-refractivity contribution >= 4 is 23.4 Å². The third-order valence-electron chi connectivity index (χ3n) is 2.98. The SMILES string of the molecule is Cn1ccnc1SCC(=O)Nc1cc(C(F)(F)F)cc(C(F)(F)F)c1. The van der Waals surface area contributed by atoms with Crippen molar-refractivity contribution in [3.63, 3.8) is 0 Å². The minimum absolute atomic E-state index is 0.00169. The predicted molar refractivity (Wildman–Crippen MR) is 79.0 cm³/mol. The minimum Gasteiger partial charge on any atom is -0.329 e. The minimum atomic E-state index is -4.97. The van der Waals surface area contributed by atoms with Gasteiger partial charge in [-0.2, -0.15) is 26.3 Å². The van der Waals surface area contributed by atoms with Crippen LogP contribution in [-0.2, 0) is 24.2 Å². The average Bonchev–Trinajstić information content (AvgIpc) is 2.88. The fourth-order valence-corrected chi connectivity index (χ4v) is 2.58. The first-order valence-electron chi connectivity index (χ1n) is 6.66. The van der Waals surface area contributed by atoms with Crippen LogP contribution in [0.15, 0.2) is 35.7 Å². The molecule has 0 fully saturated rings. The highest BCUT2D eigenvalue weighted by Gasteiger charge is 2.37. The number of benzene rings is 1. The Morgan fingerprint density at radius 1 is 1.12 bits per heavy atom. The molecule has 4 nitrogen and oxygen atoms in total. The number of nitrogens with one attached hydrogen (secondary N) is 1. The van der Waals surface area contributed by atoms with E-state index in [4.69, 9.17) is 0 Å². The van der Waals surface area contributed by atoms with Crippen LogP contribution >= 0.6 is 11.8 Å². The van der Waals surface area contributed by atoms with E-state index < -0.39 is 35.1 Å². The molecule has 0 saturated heterocycles. The maximum absolute atomic E-state index is 12.8. The zero-order valence-electron chi connectivity index (χ0n) is 12.6. The van der Waals surface area contributed by atoms with Crippen LogP contribution < -0.4 is 5.32 Å². The Morgan fingerprint density at radius 2 is 1.68 bits per heavy atom. The van der Waals surface area contributed by atoms with Crippen LogP contribution in [0.5, 0.6) is 0 Å². The summed E-state index contributed by atoms with van der Waals surface area (Å²) < 4.78 is 78.2. The van der Waals surface area contributed by atoms with Crippen molar-refractivity contribution in [3.8, 4) is 0 Å². The molecule has 1 heterocycles. The van der Waals surface area contributed by atoms with Gasteiger partial charge in [0, 0.05) is 25.1 Å². The molecule has 1 aromatic carbocycles. The molecule has 0 atom stereocenters. The number of carbonyl (C=O) groups excluding carboxylic acids is 1. The summed E-state index contributed by atoms with van der Waals surface area (Å²) in [6.07, 6.45) is -6.82. The highest BCUT2D eigenvalue weighted by molar-refractivity contribution is 7.99. The molecule has 0 aliphatic rings. The maximum atomic E-state index is 12.8. The van der Waals surface area contributed by atoms with Gasteiger partial charge in [0.25, 0.3) is 0 Å². The molecular formula is C14H11F6N3OS. The molecule has 136 valence electrons. The Kier molecular flexibility index (Phi) is 5.35. The summed E-state index contributed by atoms with van der Waals surface area (Å²) in [6, 6.07) is 0.912. The van der Waals surface area contributed by atoms with E-state index in [1.54, 1.807) is 17.8 Å². The molecule has 1 aromatic heterocycles. The van der Waals surface area contributed by atoms with Crippen LogP contribution in [0.25, 0.3) is 0 Å². The van der Waals surface area contributed by atoms with Crippen LogP contribution in [0.3, 0.4) is 0 Å². The first kappa shape index (κ1) is 19.2. The van der Waals surface area contributed by atoms with Gasteiger partial charge < -0.3 is 9.88 Å². The highest BCUT2D eigenvalue weighted by atomic mass is 32.2. The summed E-state index contributed by atoms with van der Waals surface area (Å²) in [5, 5.41) is 2.53. The lowest BCUT2D eigenvalue weighted by Crippen LogP contribution is -2.17. The zero-order chi connectivity index (χ0) is 18.8. The maximum Gasteiger partial charge on any atom is 0.416 e. The van der Waals surface area contributed by atoms with E-state index in [9.17, 15) is 31.1 Å². The van der Waals surface area contributed by atoms with Crippen LogP contribution in [0, 0.1) is 0 Å². The molecule has 0 aliphatic heterocycles. The topological polar surface area (TPSA) is 46.9 Å². The number of thioether (sulfide) groups is 1. The molecule has 2 aromatic rings. The van der Waals surface area contributed by atoms with E-state index in [1.165, 1.54) is 6.20 Å². The third-order valence-corrected chi connectivity index (χ3v) is 4.04. The fourth-order valence-electron chi connectivity index (χ4n) is 1.85. The number of imidazole rings is 1. The Balaban J connectivity index is 2.17. The van der Waals surface area contributed by atoms with E-state index in [0.717, 1.165) is 11.8 Å². The quantitative estimate of drug-likeness (QED) is 0.636. The Bertz CT molecular complexity index is 736. The molecule has 1 N–H and O–H groups in total. The van der Waals surface area contributed by atoms with Crippen molar-refractivity contribution in [2.45, 2.75) is 17.5 Å². The standard InChI is InChI=1S/C14H11F6N3OS/c1-23-3-2-21-12(23)25-7-11(24)22-10-5-8(13(15,16)17)4-9(6-10)14(18,19)20/h2-6H,7H2,1H3,(H,22,24). The number of aromatic nitrogens is 2. The van der Waals surface area contributed by atoms with Gasteiger partial charge in [-0.3, -0.25) is 4.79 Å². The van der Waals surface area contributed by atoms with Crippen molar-refractivity contribution < 1.29 is 31.1 Å². The molecule has 0 radical (unpaired) electrons. The molecule has 0 unspecified atom stereocenters. The number of alkyl halides is 6. The second kappa shape index (κ2) is 6.98. The monoisotopic (exact) mass is 383 g/mol. The van der Waals surface area contributed by atoms with Crippen LogP contribution in [-0.4, -0.2) is 21.2 Å². The molecule has 11 heteroatoms. The molecule has 1 amide bonds. The first-order chi connectivity index (χ1) is 11.5. The molecule has 0 aliphatic carbocycles. The molecule has 0 spiro atoms. The van der Waals surface area contributed by atoms with E-state index >= 15 is 0 Å². The number of halogens is 6. The third kappa shape index (κ3) is 5.15. The largest absolute Gasteiger partial charge is 0.416 e. The number of rotatable bonds is 4. The normalized spacial score (nSPS) is 12.3. The second-order valence-corrected chi connectivity index (χ2v) is 5.89. The summed E-state index contributed by atoms with van der Waals surface area (Å²) in [5.74, 6) is -0.969. The lowest BCUT2D eigenvalue weighted by Gasteiger charge is -2.14. The first-order valence-corrected chi connectivity index (χ1v) is 7.65. The Labute approximate surface area is 142 Å². The van der Waals surface area contributed by atoms with Gasteiger partial charge in [0.2, 0.25) is 5.91 Å². The zero-order valence-corrected chi connectivity index (χ0v) is 13.4. The Morgan fingerprint density at radius 3 is 2.12 bits per heavy atom. The summed E-state index contributed by atoms with van der Waals surface area (Å²) in [5.41, 5.74) is -3.56. The number of nitrogens with zero attached hydrogens (tertiary/aromatic N) is 2. The van der Waals surface area contributed by atoms with Crippen molar-refractivity contribution in [1.29, 1.82) is 0 Å². The molecule has 0 saturated carbocycles. The van der Waals surface area contributed by atoms with Crippen LogP contribution in [0.4, 0.5) is 32.0 Å². The summed E-state index contributed by atoms with van der Waals surface area (Å²) >= 11 is 0.996. The van der Waals surface area contributed by atoms with Gasteiger partial charge in [-0.1, -0.05) is 11.8 Å². The Hall–Kier alpha value is -2.17. The summed E-state index contributed by atoms with van der Waals surface area (Å²) in [7, 11) is 1.68. The second-order valence-electron chi connectivity index (χ2n) is 4.95. The number of carbonyl (C=O) groups is 1. The van der Waals surface area contributed by atoms with Crippen LogP contribution in [0.2, 0.25) is 0 Å². The van der Waals surface area contributed by atoms with Crippen molar-refractivity contribution in [2.24, 2.45) is 7.05 Å². The van der Waals surface area contributed by atoms with Gasteiger partial charge in [0.15, 0.2) is 5.16 Å². The fraction of sp³-hybridized carbons (Fsp3) is 0.286. The average molecular weight is 383 g/mol. The number of amides is 1. The molecular weight excluding hydrogens is 372 g/mol. The molecule has 2 rings (SSSR count). The highest BCUT2D eigenvalue weighted by Crippen LogP contribution is 2.37. The number of hydrogen-bond acceptors (Lipinski definition) is 3. The van der Waals surface area contributed by atoms with Gasteiger partial charge in [0.05, 0.1) is 16.9 Å². The van der Waals surface area contributed by atoms with E-state index in [0.29, 0.717) is 17.3 Å². The smallest absolute Gasteiger partial charge is 0.329 e. The van der Waals surface area contributed by atoms with Gasteiger partial charge in [-0.15, -0.1) is 0 Å². The van der Waals surface area contributed by atoms with Crippen molar-refractivity contribution in [2.75, 3.05) is 11.1 Å². The number of hydrogen-bond donors (Lipinski definition) is 1. The van der Waals surface area contributed by atoms with Gasteiger partial charge in [0.1, 0.15) is 0 Å². The van der Waals surface area contributed by atoms with Gasteiger partial charge in [-0.05, 0) is 18.2 Å². The van der Waals surface area contributed by atoms with E-state index in [1.807, 2.05) is 0 Å². The summed E-state index contributed by atoms with van der Waals surface area (Å²) in [6.45, 7) is 0. The van der Waals surface area contributed by atoms with Gasteiger partial charge in [-0.25, -0.2) is 4.98 Å². The van der Waals surface area contributed by atoms with Crippen LogP contribution in [0.1, 0.15) is 11.1 Å². The molecule has 25 heavy (non-hydrogen) atoms. The predicted octanol–water partition coefficient (Wildman–Crippen LogP) is 4.19. The lowest BCUT2D eigenvalue weighted by molar-refractivity contribution is -0.143. The van der Waals surface area contributed by atoms with Gasteiger partial charge >= 0.3 is 12.4 Å². The van der Waals surface area contributed by atoms with E-state index in [-0.39, 0.29) is 11.8 Å². The number of anilines is 1. The van der Waals surface area contributed by atoms with Crippen molar-refractivity contribution in [1.82, 2.24) is 9.55 Å². The van der Waals surface area contributed by atoms with E-state index in [2.05, 4.69) is 10.3 Å². The summed E-state index contributed by atoms with van der Waals surface area (Å²) in [4.78, 5) is 15.7. The lowest BCUT2D eigenvalue weighted by atomic mass is 10.1. The molecule has 0 bridgehead atoms. The van der Waals surface area contributed by atoms with Crippen molar-refractivity contribution in [3.05, 3.63) is 41.7 Å². The number of aryl methyl sites for hydroxylation is 1.